The van der Waals surface area contributed by atoms with Gasteiger partial charge in [-0.3, -0.25) is 9.59 Å². The van der Waals surface area contributed by atoms with Crippen LogP contribution >= 0.6 is 0 Å². The van der Waals surface area contributed by atoms with Gasteiger partial charge in [0.2, 0.25) is 11.5 Å². The Kier molecular flexibility index (Phi) is 4.30. The van der Waals surface area contributed by atoms with Crippen LogP contribution in [0.2, 0.25) is 0 Å². The number of aromatic nitrogens is 2. The zero-order chi connectivity index (χ0) is 19.9. The minimum absolute atomic E-state index is 0.0987. The number of carbonyl (C=O) groups is 1. The number of hydrogen-bond donors (Lipinski definition) is 3. The summed E-state index contributed by atoms with van der Waals surface area (Å²) < 4.78 is 0. The molecule has 0 bridgehead atoms. The number of para-hydroxylation sites is 1. The molecular formula is C23H23N3O2. The van der Waals surface area contributed by atoms with Crippen LogP contribution in [0, 0.1) is 0 Å². The first-order valence-corrected chi connectivity index (χ1v) is 9.34. The normalized spacial score (nSPS) is 11.8. The number of benzene rings is 2. The molecule has 2 heterocycles. The van der Waals surface area contributed by atoms with Crippen molar-refractivity contribution in [2.24, 2.45) is 0 Å². The first-order chi connectivity index (χ1) is 13.3. The minimum atomic E-state index is -0.146. The molecule has 0 aliphatic heterocycles. The van der Waals surface area contributed by atoms with Crippen molar-refractivity contribution >= 4 is 33.4 Å². The zero-order valence-electron chi connectivity index (χ0n) is 16.2. The molecule has 0 atom stereocenters. The van der Waals surface area contributed by atoms with Gasteiger partial charge in [0.05, 0.1) is 11.9 Å². The highest BCUT2D eigenvalue weighted by Crippen LogP contribution is 2.29. The van der Waals surface area contributed by atoms with Gasteiger partial charge in [0.1, 0.15) is 0 Å². The summed E-state index contributed by atoms with van der Waals surface area (Å²) in [5, 5.41) is 4.98. The van der Waals surface area contributed by atoms with E-state index in [9.17, 15) is 9.59 Å². The summed E-state index contributed by atoms with van der Waals surface area (Å²) in [5.41, 5.74) is 4.07. The summed E-state index contributed by atoms with van der Waals surface area (Å²) in [5.74, 6) is -0.0987. The number of pyridine rings is 1. The molecule has 142 valence electrons. The number of aromatic amines is 2. The SMILES string of the molecule is CC(C)(C)c1cc(=O)[nH]c2cc(NC(=O)Cc3c[nH]c4ccccc34)ccc12. The number of fused-ring (bicyclic) bond motifs is 2. The fourth-order valence-corrected chi connectivity index (χ4v) is 3.61. The highest BCUT2D eigenvalue weighted by atomic mass is 16.1. The van der Waals surface area contributed by atoms with E-state index in [0.29, 0.717) is 5.69 Å². The molecule has 0 saturated heterocycles. The maximum absolute atomic E-state index is 12.6. The summed E-state index contributed by atoms with van der Waals surface area (Å²) in [6, 6.07) is 15.2. The van der Waals surface area contributed by atoms with Gasteiger partial charge in [-0.2, -0.15) is 0 Å². The number of hydrogen-bond acceptors (Lipinski definition) is 2. The topological polar surface area (TPSA) is 77.8 Å². The van der Waals surface area contributed by atoms with E-state index >= 15 is 0 Å². The Bertz CT molecular complexity index is 1240. The molecule has 1 amide bonds. The fraction of sp³-hybridized carbons (Fsp3) is 0.217. The van der Waals surface area contributed by atoms with Crippen molar-refractivity contribution in [1.29, 1.82) is 0 Å². The van der Waals surface area contributed by atoms with Crippen molar-refractivity contribution < 1.29 is 4.79 Å². The summed E-state index contributed by atoms with van der Waals surface area (Å²) >= 11 is 0. The summed E-state index contributed by atoms with van der Waals surface area (Å²) in [6.45, 7) is 6.24. The lowest BCUT2D eigenvalue weighted by Crippen LogP contribution is -2.18. The average molecular weight is 373 g/mol. The van der Waals surface area contributed by atoms with Crippen molar-refractivity contribution in [2.45, 2.75) is 32.6 Å². The van der Waals surface area contributed by atoms with Gasteiger partial charge in [-0.1, -0.05) is 45.0 Å². The van der Waals surface area contributed by atoms with Gasteiger partial charge in [-0.15, -0.1) is 0 Å². The van der Waals surface area contributed by atoms with Crippen LogP contribution in [0.4, 0.5) is 5.69 Å². The van der Waals surface area contributed by atoms with Crippen LogP contribution in [0.5, 0.6) is 0 Å². The lowest BCUT2D eigenvalue weighted by Gasteiger charge is -2.21. The molecule has 3 N–H and O–H groups in total. The second-order valence-electron chi connectivity index (χ2n) is 8.14. The Morgan fingerprint density at radius 2 is 1.79 bits per heavy atom. The van der Waals surface area contributed by atoms with Crippen LogP contribution in [0.1, 0.15) is 31.9 Å². The van der Waals surface area contributed by atoms with Crippen molar-refractivity contribution in [1.82, 2.24) is 9.97 Å². The third kappa shape index (κ3) is 3.43. The zero-order valence-corrected chi connectivity index (χ0v) is 16.2. The van der Waals surface area contributed by atoms with E-state index < -0.39 is 0 Å². The van der Waals surface area contributed by atoms with Crippen LogP contribution in [0.3, 0.4) is 0 Å². The van der Waals surface area contributed by atoms with E-state index in [1.807, 2.05) is 48.7 Å². The van der Waals surface area contributed by atoms with Crippen LogP contribution < -0.4 is 10.9 Å². The lowest BCUT2D eigenvalue weighted by molar-refractivity contribution is -0.115. The second-order valence-corrected chi connectivity index (χ2v) is 8.14. The van der Waals surface area contributed by atoms with Crippen LogP contribution in [0.15, 0.2) is 59.5 Å². The second kappa shape index (κ2) is 6.68. The Balaban J connectivity index is 1.61. The number of amides is 1. The minimum Gasteiger partial charge on any atom is -0.361 e. The van der Waals surface area contributed by atoms with E-state index in [-0.39, 0.29) is 23.3 Å². The number of carbonyl (C=O) groups excluding carboxylic acids is 1. The van der Waals surface area contributed by atoms with Crippen LogP contribution in [0.25, 0.3) is 21.8 Å². The highest BCUT2D eigenvalue weighted by Gasteiger charge is 2.18. The van der Waals surface area contributed by atoms with Gasteiger partial charge in [0, 0.05) is 34.2 Å². The number of rotatable bonds is 3. The Hall–Kier alpha value is -3.34. The summed E-state index contributed by atoms with van der Waals surface area (Å²) in [4.78, 5) is 30.7. The van der Waals surface area contributed by atoms with Gasteiger partial charge in [-0.05, 0) is 34.7 Å². The van der Waals surface area contributed by atoms with Gasteiger partial charge >= 0.3 is 0 Å². The van der Waals surface area contributed by atoms with Crippen molar-refractivity contribution in [3.8, 4) is 0 Å². The van der Waals surface area contributed by atoms with E-state index in [4.69, 9.17) is 0 Å². The maximum atomic E-state index is 12.6. The van der Waals surface area contributed by atoms with Crippen LogP contribution in [-0.2, 0) is 16.6 Å². The van der Waals surface area contributed by atoms with Gasteiger partial charge in [-0.25, -0.2) is 0 Å². The molecule has 2 aromatic heterocycles. The fourth-order valence-electron chi connectivity index (χ4n) is 3.61. The quantitative estimate of drug-likeness (QED) is 0.495. The molecule has 0 fully saturated rings. The summed E-state index contributed by atoms with van der Waals surface area (Å²) in [7, 11) is 0. The van der Waals surface area contributed by atoms with Crippen molar-refractivity contribution in [3.63, 3.8) is 0 Å². The Morgan fingerprint density at radius 1 is 1.00 bits per heavy atom. The van der Waals surface area contributed by atoms with E-state index in [0.717, 1.165) is 32.9 Å². The molecule has 0 radical (unpaired) electrons. The molecule has 0 aliphatic carbocycles. The largest absolute Gasteiger partial charge is 0.361 e. The smallest absolute Gasteiger partial charge is 0.248 e. The molecule has 0 unspecified atom stereocenters. The van der Waals surface area contributed by atoms with Gasteiger partial charge in [0.25, 0.3) is 0 Å². The standard InChI is InChI=1S/C23H23N3O2/c1-23(2,3)18-12-22(28)26-20-11-15(8-9-17(18)20)25-21(27)10-14-13-24-19-7-5-4-6-16(14)19/h4-9,11-13,24H,10H2,1-3H3,(H,25,27)(H,26,28). The Morgan fingerprint density at radius 3 is 2.57 bits per heavy atom. The molecule has 5 nitrogen and oxygen atoms in total. The predicted octanol–water partition coefficient (Wildman–Crippen LogP) is 4.49. The highest BCUT2D eigenvalue weighted by molar-refractivity contribution is 5.97. The average Bonchev–Trinajstić information content (AvgIpc) is 3.03. The third-order valence-electron chi connectivity index (χ3n) is 4.96. The molecule has 0 aliphatic rings. The summed E-state index contributed by atoms with van der Waals surface area (Å²) in [6.07, 6.45) is 2.15. The van der Waals surface area contributed by atoms with E-state index in [1.165, 1.54) is 0 Å². The Labute approximate surface area is 162 Å². The van der Waals surface area contributed by atoms with Gasteiger partial charge in [0.15, 0.2) is 0 Å². The number of anilines is 1. The molecule has 4 aromatic rings. The predicted molar refractivity (Wildman–Crippen MR) is 114 cm³/mol. The van der Waals surface area contributed by atoms with E-state index in [1.54, 1.807) is 6.07 Å². The lowest BCUT2D eigenvalue weighted by atomic mass is 9.85. The molecule has 5 heteroatoms. The van der Waals surface area contributed by atoms with Gasteiger partial charge < -0.3 is 15.3 Å². The first-order valence-electron chi connectivity index (χ1n) is 9.34. The molecule has 28 heavy (non-hydrogen) atoms. The third-order valence-corrected chi connectivity index (χ3v) is 4.96. The molecular weight excluding hydrogens is 350 g/mol. The monoisotopic (exact) mass is 373 g/mol. The first kappa shape index (κ1) is 18.0. The van der Waals surface area contributed by atoms with Crippen molar-refractivity contribution in [3.05, 3.63) is 76.2 Å². The maximum Gasteiger partial charge on any atom is 0.248 e. The molecule has 4 rings (SSSR count). The molecule has 0 spiro atoms. The molecule has 2 aromatic carbocycles. The number of H-pyrrole nitrogens is 2. The van der Waals surface area contributed by atoms with E-state index in [2.05, 4.69) is 36.1 Å². The molecule has 0 saturated carbocycles. The number of nitrogens with one attached hydrogen (secondary N) is 3. The van der Waals surface area contributed by atoms with Crippen molar-refractivity contribution in [2.75, 3.05) is 5.32 Å². The van der Waals surface area contributed by atoms with Crippen LogP contribution in [-0.4, -0.2) is 15.9 Å².